The maximum absolute atomic E-state index is 11.6. The number of ether oxygens (including phenoxy) is 3. The standard InChI is InChI=1S/C56H42O12/c57-35-10-2-28(3-11-35)1-4-31-17-42(64)26-47-49(31)50(33-18-38(60)23-39(61)19-33)56(67-47)32-9-16-46-44(22-32)52(55(66-46)30-7-14-37(59)15-8-30)45-25-43(65)27-48-53(45)51(34-20-40(62)24-41(63)21-34)54(68-48)29-5-12-36(58)13-6-29/h1-27,50-52,54-65H/t50-,51-,52-,54+,55-,56-/m0/s1. The second-order valence-corrected chi connectivity index (χ2v) is 17.4. The fourth-order valence-electron chi connectivity index (χ4n) is 10.2. The molecule has 8 aromatic carbocycles. The van der Waals surface area contributed by atoms with E-state index in [4.69, 9.17) is 14.2 Å². The molecule has 68 heavy (non-hydrogen) atoms. The lowest BCUT2D eigenvalue weighted by Gasteiger charge is -2.26. The van der Waals surface area contributed by atoms with Crippen LogP contribution in [0.1, 0.15) is 97.3 Å². The van der Waals surface area contributed by atoms with Crippen LogP contribution >= 0.6 is 0 Å². The number of phenolic OH excluding ortho intramolecular Hbond substituents is 9. The van der Waals surface area contributed by atoms with Crippen molar-refractivity contribution >= 4 is 12.2 Å². The molecule has 6 atom stereocenters. The molecule has 3 aliphatic rings. The van der Waals surface area contributed by atoms with Gasteiger partial charge >= 0.3 is 0 Å². The molecule has 0 amide bonds. The highest BCUT2D eigenvalue weighted by atomic mass is 16.5. The summed E-state index contributed by atoms with van der Waals surface area (Å²) >= 11 is 0. The number of benzene rings is 8. The van der Waals surface area contributed by atoms with Crippen molar-refractivity contribution in [2.75, 3.05) is 0 Å². The first-order valence-electron chi connectivity index (χ1n) is 21.8. The van der Waals surface area contributed by atoms with Crippen LogP contribution in [0.2, 0.25) is 0 Å². The third kappa shape index (κ3) is 7.47. The number of hydrogen-bond acceptors (Lipinski definition) is 12. The van der Waals surface area contributed by atoms with E-state index in [0.717, 1.165) is 5.56 Å². The molecule has 3 aliphatic heterocycles. The molecule has 0 saturated heterocycles. The lowest BCUT2D eigenvalue weighted by molar-refractivity contribution is 0.219. The van der Waals surface area contributed by atoms with Crippen molar-refractivity contribution in [1.82, 2.24) is 0 Å². The van der Waals surface area contributed by atoms with Crippen molar-refractivity contribution in [2.45, 2.75) is 36.1 Å². The van der Waals surface area contributed by atoms with E-state index in [1.165, 1.54) is 24.3 Å². The molecule has 0 aliphatic carbocycles. The molecule has 0 spiro atoms. The van der Waals surface area contributed by atoms with Crippen LogP contribution in [0.4, 0.5) is 0 Å². The zero-order valence-corrected chi connectivity index (χ0v) is 35.8. The molecule has 338 valence electrons. The third-order valence-electron chi connectivity index (χ3n) is 13.0. The smallest absolute Gasteiger partial charge is 0.135 e. The second-order valence-electron chi connectivity index (χ2n) is 17.4. The van der Waals surface area contributed by atoms with Crippen LogP contribution in [-0.4, -0.2) is 46.0 Å². The van der Waals surface area contributed by atoms with Gasteiger partial charge in [-0.2, -0.15) is 0 Å². The van der Waals surface area contributed by atoms with E-state index in [-0.39, 0.29) is 51.7 Å². The molecule has 3 heterocycles. The SMILES string of the molecule is Oc1ccc(C=Cc2cc(O)cc3c2[C@H](c2cc(O)cc(O)c2)[C@H](c2ccc4c(c2)[C@@H](c2cc(O)cc5c2[C@H](c2cc(O)cc(O)c2)[C@@H](c2ccc(O)cc2)O5)[C@H](c2ccc(O)cc2)O4)O3)cc1. The maximum Gasteiger partial charge on any atom is 0.135 e. The van der Waals surface area contributed by atoms with Gasteiger partial charge in [-0.25, -0.2) is 0 Å². The fourth-order valence-corrected chi connectivity index (χ4v) is 10.2. The van der Waals surface area contributed by atoms with E-state index in [9.17, 15) is 46.0 Å². The molecule has 0 saturated carbocycles. The molecule has 11 rings (SSSR count). The third-order valence-corrected chi connectivity index (χ3v) is 13.0. The van der Waals surface area contributed by atoms with Crippen molar-refractivity contribution < 1.29 is 60.2 Å². The largest absolute Gasteiger partial charge is 0.508 e. The minimum atomic E-state index is -0.799. The molecular weight excluding hydrogens is 865 g/mol. The Morgan fingerprint density at radius 3 is 1.28 bits per heavy atom. The van der Waals surface area contributed by atoms with Gasteiger partial charge in [0.25, 0.3) is 0 Å². The Kier molecular flexibility index (Phi) is 9.96. The first-order valence-corrected chi connectivity index (χ1v) is 21.8. The first-order chi connectivity index (χ1) is 32.8. The summed E-state index contributed by atoms with van der Waals surface area (Å²) in [4.78, 5) is 0. The summed E-state index contributed by atoms with van der Waals surface area (Å²) < 4.78 is 20.4. The van der Waals surface area contributed by atoms with Crippen LogP contribution in [0.5, 0.6) is 69.0 Å². The van der Waals surface area contributed by atoms with Gasteiger partial charge in [0.2, 0.25) is 0 Å². The minimum absolute atomic E-state index is 0.0494. The highest BCUT2D eigenvalue weighted by Crippen LogP contribution is 2.60. The van der Waals surface area contributed by atoms with Gasteiger partial charge in [-0.05, 0) is 129 Å². The summed E-state index contributed by atoms with van der Waals surface area (Å²) in [5, 5.41) is 96.5. The Balaban J connectivity index is 1.09. The Bertz CT molecular complexity index is 3250. The number of fused-ring (bicyclic) bond motifs is 3. The maximum atomic E-state index is 11.6. The number of hydrogen-bond donors (Lipinski definition) is 9. The predicted molar refractivity (Wildman–Crippen MR) is 251 cm³/mol. The van der Waals surface area contributed by atoms with Crippen molar-refractivity contribution in [1.29, 1.82) is 0 Å². The van der Waals surface area contributed by atoms with E-state index >= 15 is 0 Å². The summed E-state index contributed by atoms with van der Waals surface area (Å²) in [6, 6.07) is 40.6. The van der Waals surface area contributed by atoms with Crippen LogP contribution in [-0.2, 0) is 0 Å². The van der Waals surface area contributed by atoms with E-state index in [1.807, 2.05) is 30.4 Å². The van der Waals surface area contributed by atoms with E-state index < -0.39 is 36.1 Å². The molecule has 8 aromatic rings. The number of rotatable bonds is 8. The minimum Gasteiger partial charge on any atom is -0.508 e. The van der Waals surface area contributed by atoms with Crippen molar-refractivity contribution in [3.63, 3.8) is 0 Å². The van der Waals surface area contributed by atoms with Crippen LogP contribution in [0, 0.1) is 0 Å². The summed E-state index contributed by atoms with van der Waals surface area (Å²) in [5.74, 6) is -1.32. The van der Waals surface area contributed by atoms with Gasteiger partial charge in [0, 0.05) is 41.0 Å². The van der Waals surface area contributed by atoms with Crippen molar-refractivity contribution in [3.05, 3.63) is 213 Å². The summed E-state index contributed by atoms with van der Waals surface area (Å²) in [6.45, 7) is 0. The van der Waals surface area contributed by atoms with Gasteiger partial charge < -0.3 is 60.2 Å². The highest BCUT2D eigenvalue weighted by Gasteiger charge is 2.47. The van der Waals surface area contributed by atoms with Gasteiger partial charge in [-0.1, -0.05) is 54.6 Å². The van der Waals surface area contributed by atoms with Crippen LogP contribution in [0.25, 0.3) is 12.2 Å². The molecule has 0 aromatic heterocycles. The Morgan fingerprint density at radius 2 is 0.721 bits per heavy atom. The molecule has 0 radical (unpaired) electrons. The van der Waals surface area contributed by atoms with Crippen LogP contribution < -0.4 is 14.2 Å². The normalized spacial score (nSPS) is 20.0. The molecular formula is C56H42O12. The Morgan fingerprint density at radius 1 is 0.294 bits per heavy atom. The Hall–Kier alpha value is -8.90. The quantitative estimate of drug-likeness (QED) is 0.0652. The molecule has 0 bridgehead atoms. The number of phenols is 9. The van der Waals surface area contributed by atoms with Gasteiger partial charge in [0.05, 0.1) is 17.8 Å². The molecule has 0 fully saturated rings. The van der Waals surface area contributed by atoms with Crippen LogP contribution in [0.15, 0.2) is 152 Å². The zero-order chi connectivity index (χ0) is 47.0. The summed E-state index contributed by atoms with van der Waals surface area (Å²) in [6.07, 6.45) is 1.40. The summed E-state index contributed by atoms with van der Waals surface area (Å²) in [5.41, 5.74) is 7.17. The topological polar surface area (TPSA) is 210 Å². The molecule has 12 nitrogen and oxygen atoms in total. The van der Waals surface area contributed by atoms with E-state index in [2.05, 4.69) is 0 Å². The molecule has 0 unspecified atom stereocenters. The van der Waals surface area contributed by atoms with Gasteiger partial charge in [0.15, 0.2) is 0 Å². The zero-order valence-electron chi connectivity index (χ0n) is 35.8. The van der Waals surface area contributed by atoms with Crippen molar-refractivity contribution in [2.24, 2.45) is 0 Å². The fraction of sp³-hybridized carbons (Fsp3) is 0.107. The van der Waals surface area contributed by atoms with Gasteiger partial charge in [-0.3, -0.25) is 0 Å². The monoisotopic (exact) mass is 906 g/mol. The average molecular weight is 907 g/mol. The average Bonchev–Trinajstić information content (AvgIpc) is 4.00. The molecule has 9 N–H and O–H groups in total. The van der Waals surface area contributed by atoms with Crippen LogP contribution in [0.3, 0.4) is 0 Å². The Labute approximate surface area is 389 Å². The van der Waals surface area contributed by atoms with Crippen molar-refractivity contribution in [3.8, 4) is 69.0 Å². The lowest BCUT2D eigenvalue weighted by atomic mass is 9.76. The second kappa shape index (κ2) is 16.2. The lowest BCUT2D eigenvalue weighted by Crippen LogP contribution is -2.16. The van der Waals surface area contributed by atoms with E-state index in [1.54, 1.807) is 109 Å². The summed E-state index contributed by atoms with van der Waals surface area (Å²) in [7, 11) is 0. The first kappa shape index (κ1) is 41.8. The highest BCUT2D eigenvalue weighted by molar-refractivity contribution is 5.76. The number of aromatic hydroxyl groups is 9. The molecule has 12 heteroatoms. The van der Waals surface area contributed by atoms with E-state index in [0.29, 0.717) is 72.9 Å². The van der Waals surface area contributed by atoms with Gasteiger partial charge in [0.1, 0.15) is 87.3 Å². The predicted octanol–water partition coefficient (Wildman–Crippen LogP) is 11.0. The van der Waals surface area contributed by atoms with Gasteiger partial charge in [-0.15, -0.1) is 0 Å².